The Hall–Kier alpha value is -2.33. The molecule has 0 amide bonds. The molecule has 1 heterocycles. The van der Waals surface area contributed by atoms with Gasteiger partial charge in [-0.05, 0) is 61.2 Å². The van der Waals surface area contributed by atoms with Gasteiger partial charge in [0.05, 0.1) is 16.3 Å². The largest absolute Gasteiger partial charge is 0.478 e. The molecule has 24 heavy (non-hydrogen) atoms. The number of carboxylic acids is 1. The van der Waals surface area contributed by atoms with Crippen LogP contribution in [0.1, 0.15) is 34.3 Å². The lowest BCUT2D eigenvalue weighted by atomic mass is 10.1. The lowest BCUT2D eigenvalue weighted by Crippen LogP contribution is -2.17. The van der Waals surface area contributed by atoms with Gasteiger partial charge in [0.2, 0.25) is 0 Å². The quantitative estimate of drug-likeness (QED) is 0.819. The number of hydrogen-bond acceptors (Lipinski definition) is 3. The Labute approximate surface area is 146 Å². The minimum atomic E-state index is -1.05. The van der Waals surface area contributed by atoms with E-state index in [9.17, 15) is 4.79 Å². The first-order chi connectivity index (χ1) is 11.5. The molecule has 3 rings (SSSR count). The number of carbonyl (C=O) groups is 1. The Balaban J connectivity index is 1.81. The molecule has 2 aromatic rings. The number of aryl methyl sites for hydroxylation is 1. The van der Waals surface area contributed by atoms with Crippen molar-refractivity contribution < 1.29 is 9.90 Å². The molecule has 1 N–H and O–H groups in total. The van der Waals surface area contributed by atoms with Gasteiger partial charge in [-0.15, -0.1) is 0 Å². The molecule has 0 spiro atoms. The number of aliphatic imine (C=N–C) groups is 1. The summed E-state index contributed by atoms with van der Waals surface area (Å²) in [5.74, 6) is -1.05. The van der Waals surface area contributed by atoms with Crippen LogP contribution in [0.2, 0.25) is 5.02 Å². The highest BCUT2D eigenvalue weighted by atomic mass is 35.5. The summed E-state index contributed by atoms with van der Waals surface area (Å²) in [6.45, 7) is 4.30. The average molecular weight is 343 g/mol. The van der Waals surface area contributed by atoms with E-state index in [0.29, 0.717) is 5.69 Å². The number of hydrogen-bond donors (Lipinski definition) is 1. The van der Waals surface area contributed by atoms with E-state index in [1.807, 2.05) is 0 Å². The Bertz CT molecular complexity index is 796. The molecule has 0 saturated carbocycles. The Morgan fingerprint density at radius 2 is 1.96 bits per heavy atom. The second-order valence-corrected chi connectivity index (χ2v) is 6.37. The van der Waals surface area contributed by atoms with Crippen LogP contribution in [0.3, 0.4) is 0 Å². The molecule has 1 aliphatic rings. The maximum Gasteiger partial charge on any atom is 0.337 e. The van der Waals surface area contributed by atoms with Crippen molar-refractivity contribution in [3.63, 3.8) is 0 Å². The summed E-state index contributed by atoms with van der Waals surface area (Å²) in [6, 6.07) is 11.1. The lowest BCUT2D eigenvalue weighted by Gasteiger charge is -2.18. The Morgan fingerprint density at radius 3 is 2.62 bits per heavy atom. The topological polar surface area (TPSA) is 52.9 Å². The third-order valence-corrected chi connectivity index (χ3v) is 4.59. The summed E-state index contributed by atoms with van der Waals surface area (Å²) in [7, 11) is 0. The molecule has 0 radical (unpaired) electrons. The molecular weight excluding hydrogens is 324 g/mol. The van der Waals surface area contributed by atoms with Gasteiger partial charge in [-0.1, -0.05) is 17.7 Å². The van der Waals surface area contributed by atoms with Crippen molar-refractivity contribution in [2.75, 3.05) is 18.0 Å². The van der Waals surface area contributed by atoms with Crippen LogP contribution in [0, 0.1) is 6.92 Å². The zero-order valence-corrected chi connectivity index (χ0v) is 14.3. The maximum atomic E-state index is 11.1. The molecular formula is C19H19ClN2O2. The van der Waals surface area contributed by atoms with Gasteiger partial charge in [-0.3, -0.25) is 4.99 Å². The number of anilines is 1. The molecule has 1 saturated heterocycles. The number of rotatable bonds is 4. The molecule has 2 aromatic carbocycles. The van der Waals surface area contributed by atoms with Gasteiger partial charge in [0.1, 0.15) is 0 Å². The smallest absolute Gasteiger partial charge is 0.337 e. The van der Waals surface area contributed by atoms with E-state index < -0.39 is 5.97 Å². The predicted molar refractivity (Wildman–Crippen MR) is 98.3 cm³/mol. The van der Waals surface area contributed by atoms with Gasteiger partial charge in [0, 0.05) is 25.0 Å². The summed E-state index contributed by atoms with van der Waals surface area (Å²) >= 11 is 5.88. The Kier molecular flexibility index (Phi) is 4.86. The van der Waals surface area contributed by atoms with Crippen molar-refractivity contribution >= 4 is 35.2 Å². The summed E-state index contributed by atoms with van der Waals surface area (Å²) in [4.78, 5) is 17.9. The molecule has 0 atom stereocenters. The van der Waals surface area contributed by atoms with E-state index in [1.165, 1.54) is 24.6 Å². The van der Waals surface area contributed by atoms with E-state index in [-0.39, 0.29) is 10.6 Å². The normalized spacial score (nSPS) is 14.5. The van der Waals surface area contributed by atoms with E-state index >= 15 is 0 Å². The van der Waals surface area contributed by atoms with Crippen molar-refractivity contribution in [2.45, 2.75) is 19.8 Å². The second kappa shape index (κ2) is 7.05. The first-order valence-corrected chi connectivity index (χ1v) is 8.35. The van der Waals surface area contributed by atoms with Crippen molar-refractivity contribution in [2.24, 2.45) is 4.99 Å². The third-order valence-electron chi connectivity index (χ3n) is 4.26. The molecule has 5 heteroatoms. The minimum Gasteiger partial charge on any atom is -0.478 e. The zero-order valence-electron chi connectivity index (χ0n) is 13.5. The van der Waals surface area contributed by atoms with Crippen LogP contribution >= 0.6 is 11.6 Å². The number of aromatic carboxylic acids is 1. The zero-order chi connectivity index (χ0) is 17.1. The van der Waals surface area contributed by atoms with Gasteiger partial charge in [0.25, 0.3) is 0 Å². The fraction of sp³-hybridized carbons (Fsp3) is 0.263. The SMILES string of the molecule is Cc1cc(N2CCCC2)ccc1C=Nc1ccc(Cl)c(C(=O)O)c1. The van der Waals surface area contributed by atoms with Crippen molar-refractivity contribution in [3.05, 3.63) is 58.1 Å². The van der Waals surface area contributed by atoms with Crippen molar-refractivity contribution in [1.29, 1.82) is 0 Å². The molecule has 124 valence electrons. The van der Waals surface area contributed by atoms with Gasteiger partial charge in [-0.25, -0.2) is 4.79 Å². The Morgan fingerprint density at radius 1 is 1.21 bits per heavy atom. The highest BCUT2D eigenvalue weighted by molar-refractivity contribution is 6.33. The number of carboxylic acid groups (broad SMARTS) is 1. The van der Waals surface area contributed by atoms with E-state index in [0.717, 1.165) is 24.2 Å². The maximum absolute atomic E-state index is 11.1. The summed E-state index contributed by atoms with van der Waals surface area (Å²) in [5.41, 5.74) is 4.05. The molecule has 4 nitrogen and oxygen atoms in total. The van der Waals surface area contributed by atoms with Gasteiger partial charge in [-0.2, -0.15) is 0 Å². The van der Waals surface area contributed by atoms with Crippen LogP contribution in [0.4, 0.5) is 11.4 Å². The van der Waals surface area contributed by atoms with E-state index in [2.05, 4.69) is 35.0 Å². The van der Waals surface area contributed by atoms with Crippen LogP contribution in [0.25, 0.3) is 0 Å². The molecule has 0 unspecified atom stereocenters. The van der Waals surface area contributed by atoms with Crippen LogP contribution in [-0.2, 0) is 0 Å². The monoisotopic (exact) mass is 342 g/mol. The van der Waals surface area contributed by atoms with E-state index in [1.54, 1.807) is 18.3 Å². The van der Waals surface area contributed by atoms with Crippen LogP contribution < -0.4 is 4.90 Å². The van der Waals surface area contributed by atoms with Crippen molar-refractivity contribution in [1.82, 2.24) is 0 Å². The number of benzene rings is 2. The summed E-state index contributed by atoms with van der Waals surface area (Å²) in [6.07, 6.45) is 4.27. The molecule has 0 bridgehead atoms. The minimum absolute atomic E-state index is 0.0624. The molecule has 0 aliphatic carbocycles. The summed E-state index contributed by atoms with van der Waals surface area (Å²) < 4.78 is 0. The fourth-order valence-electron chi connectivity index (χ4n) is 2.88. The number of halogens is 1. The second-order valence-electron chi connectivity index (χ2n) is 5.96. The van der Waals surface area contributed by atoms with Crippen LogP contribution in [-0.4, -0.2) is 30.4 Å². The molecule has 1 fully saturated rings. The fourth-order valence-corrected chi connectivity index (χ4v) is 3.08. The van der Waals surface area contributed by atoms with Crippen LogP contribution in [0.15, 0.2) is 41.4 Å². The average Bonchev–Trinajstić information content (AvgIpc) is 3.09. The standard InChI is InChI=1S/C19H19ClN2O2/c1-13-10-16(22-8-2-3-9-22)6-4-14(13)12-21-15-5-7-18(20)17(11-15)19(23)24/h4-7,10-12H,2-3,8-9H2,1H3,(H,23,24). The molecule has 0 aromatic heterocycles. The highest BCUT2D eigenvalue weighted by Crippen LogP contribution is 2.24. The lowest BCUT2D eigenvalue weighted by molar-refractivity contribution is 0.0697. The first kappa shape index (κ1) is 16.5. The summed E-state index contributed by atoms with van der Waals surface area (Å²) in [5, 5.41) is 9.33. The van der Waals surface area contributed by atoms with Crippen molar-refractivity contribution in [3.8, 4) is 0 Å². The number of nitrogens with zero attached hydrogens (tertiary/aromatic N) is 2. The third kappa shape index (κ3) is 3.60. The van der Waals surface area contributed by atoms with Gasteiger partial charge >= 0.3 is 5.97 Å². The predicted octanol–water partition coefficient (Wildman–Crippen LogP) is 4.70. The van der Waals surface area contributed by atoms with Crippen LogP contribution in [0.5, 0.6) is 0 Å². The van der Waals surface area contributed by atoms with E-state index in [4.69, 9.17) is 16.7 Å². The van der Waals surface area contributed by atoms with Gasteiger partial charge in [0.15, 0.2) is 0 Å². The highest BCUT2D eigenvalue weighted by Gasteiger charge is 2.13. The molecule has 1 aliphatic heterocycles. The van der Waals surface area contributed by atoms with Gasteiger partial charge < -0.3 is 10.0 Å². The first-order valence-electron chi connectivity index (χ1n) is 7.97.